The lowest BCUT2D eigenvalue weighted by Gasteiger charge is -2.41. The van der Waals surface area contributed by atoms with E-state index in [1.165, 1.54) is 23.3 Å². The topological polar surface area (TPSA) is 103 Å². The lowest BCUT2D eigenvalue weighted by molar-refractivity contribution is -0.312. The molecule has 2 aliphatic rings. The van der Waals surface area contributed by atoms with Crippen LogP contribution in [0.5, 0.6) is 5.75 Å². The van der Waals surface area contributed by atoms with Gasteiger partial charge in [0.15, 0.2) is 0 Å². The van der Waals surface area contributed by atoms with E-state index in [1.54, 1.807) is 36.8 Å². The lowest BCUT2D eigenvalue weighted by Crippen LogP contribution is -2.47. The van der Waals surface area contributed by atoms with Crippen LogP contribution in [-0.2, 0) is 44.9 Å². The molecular formula is C33H33Cl2N3O6S. The Morgan fingerprint density at radius 1 is 1.09 bits per heavy atom. The molecule has 9 nitrogen and oxygen atoms in total. The second-order valence-corrected chi connectivity index (χ2v) is 13.4. The molecule has 3 aromatic carbocycles. The average Bonchev–Trinajstić information content (AvgIpc) is 3.52. The van der Waals surface area contributed by atoms with Crippen LogP contribution in [0.1, 0.15) is 28.7 Å². The molecule has 2 aliphatic heterocycles. The SMILES string of the molecule is O=S(=O)(O)c1ccc(C=CCN2CCc3cc(OC[C@@H]4CCO[C@@](Cn5ccnc5)(c5ccc(Cl)cc5Cl)O4)ccc3C2)cc1. The van der Waals surface area contributed by atoms with Crippen molar-refractivity contribution in [3.63, 3.8) is 0 Å². The first-order chi connectivity index (χ1) is 21.7. The van der Waals surface area contributed by atoms with E-state index in [0.717, 1.165) is 37.4 Å². The van der Waals surface area contributed by atoms with Crippen molar-refractivity contribution < 1.29 is 27.2 Å². The Balaban J connectivity index is 1.06. The predicted octanol–water partition coefficient (Wildman–Crippen LogP) is 6.25. The van der Waals surface area contributed by atoms with Gasteiger partial charge in [0.05, 0.1) is 35.5 Å². The van der Waals surface area contributed by atoms with Gasteiger partial charge in [-0.1, -0.05) is 59.6 Å². The molecule has 1 N–H and O–H groups in total. The number of aromatic nitrogens is 2. The molecule has 0 unspecified atom stereocenters. The van der Waals surface area contributed by atoms with E-state index in [2.05, 4.69) is 28.1 Å². The van der Waals surface area contributed by atoms with Gasteiger partial charge in [-0.15, -0.1) is 0 Å². The van der Waals surface area contributed by atoms with Crippen LogP contribution in [0.4, 0.5) is 0 Å². The summed E-state index contributed by atoms with van der Waals surface area (Å²) in [5.41, 5.74) is 4.10. The van der Waals surface area contributed by atoms with Crippen molar-refractivity contribution >= 4 is 39.4 Å². The fourth-order valence-corrected chi connectivity index (χ4v) is 6.71. The van der Waals surface area contributed by atoms with E-state index in [9.17, 15) is 8.42 Å². The summed E-state index contributed by atoms with van der Waals surface area (Å²) in [7, 11) is -4.19. The largest absolute Gasteiger partial charge is 0.491 e. The Bertz CT molecular complexity index is 1770. The summed E-state index contributed by atoms with van der Waals surface area (Å²) >= 11 is 12.8. The van der Waals surface area contributed by atoms with Crippen LogP contribution < -0.4 is 4.74 Å². The molecule has 0 bridgehead atoms. The van der Waals surface area contributed by atoms with Crippen LogP contribution >= 0.6 is 23.2 Å². The summed E-state index contributed by atoms with van der Waals surface area (Å²) in [6.45, 7) is 3.70. The quantitative estimate of drug-likeness (QED) is 0.198. The first-order valence-electron chi connectivity index (χ1n) is 14.6. The fraction of sp³-hybridized carbons (Fsp3) is 0.303. The second-order valence-electron chi connectivity index (χ2n) is 11.2. The zero-order chi connectivity index (χ0) is 31.4. The number of ether oxygens (including phenoxy) is 3. The molecule has 0 saturated carbocycles. The highest BCUT2D eigenvalue weighted by atomic mass is 35.5. The van der Waals surface area contributed by atoms with Gasteiger partial charge in [0.1, 0.15) is 12.4 Å². The Morgan fingerprint density at radius 2 is 1.93 bits per heavy atom. The highest BCUT2D eigenvalue weighted by Gasteiger charge is 2.42. The molecule has 1 fully saturated rings. The molecule has 1 saturated heterocycles. The van der Waals surface area contributed by atoms with Crippen LogP contribution in [0.15, 0.2) is 90.4 Å². The summed E-state index contributed by atoms with van der Waals surface area (Å²) < 4.78 is 52.7. The Hall–Kier alpha value is -3.22. The third-order valence-electron chi connectivity index (χ3n) is 7.98. The normalized spacial score (nSPS) is 20.7. The Morgan fingerprint density at radius 3 is 2.69 bits per heavy atom. The average molecular weight is 671 g/mol. The summed E-state index contributed by atoms with van der Waals surface area (Å²) in [5.74, 6) is -0.318. The van der Waals surface area contributed by atoms with Gasteiger partial charge in [0.2, 0.25) is 5.79 Å². The zero-order valence-electron chi connectivity index (χ0n) is 24.4. The van der Waals surface area contributed by atoms with Crippen LogP contribution in [0.25, 0.3) is 6.08 Å². The number of benzene rings is 3. The van der Waals surface area contributed by atoms with Crippen molar-refractivity contribution in [3.8, 4) is 5.75 Å². The van der Waals surface area contributed by atoms with Crippen molar-refractivity contribution in [2.45, 2.75) is 42.7 Å². The molecule has 1 aromatic heterocycles. The van der Waals surface area contributed by atoms with Crippen molar-refractivity contribution in [1.29, 1.82) is 0 Å². The minimum atomic E-state index is -4.19. The standard InChI is InChI=1S/C33H33Cl2N3O6S/c34-27-6-10-31(32(35)19-27)33(22-38-16-13-36-23-38)43-17-12-29(44-33)21-42-28-7-5-26-20-37(15-11-25(26)18-28)14-1-2-24-3-8-30(9-4-24)45(39,40)41/h1-10,13,16,18-19,23,29H,11-12,14-15,17,20-22H2,(H,39,40,41)/t29-,33+/m0/s1. The van der Waals surface area contributed by atoms with Crippen LogP contribution in [0.3, 0.4) is 0 Å². The summed E-state index contributed by atoms with van der Waals surface area (Å²) in [4.78, 5) is 6.40. The van der Waals surface area contributed by atoms with Crippen molar-refractivity contribution in [2.24, 2.45) is 0 Å². The predicted molar refractivity (Wildman–Crippen MR) is 172 cm³/mol. The van der Waals surface area contributed by atoms with Gasteiger partial charge < -0.3 is 18.8 Å². The third kappa shape index (κ3) is 7.78. The number of halogens is 2. The fourth-order valence-electron chi connectivity index (χ4n) is 5.67. The molecule has 236 valence electrons. The summed E-state index contributed by atoms with van der Waals surface area (Å²) in [6.07, 6.45) is 10.6. The first-order valence-corrected chi connectivity index (χ1v) is 16.8. The lowest BCUT2D eigenvalue weighted by atomic mass is 9.99. The number of imidazole rings is 1. The third-order valence-corrected chi connectivity index (χ3v) is 9.40. The van der Waals surface area contributed by atoms with Gasteiger partial charge in [-0.25, -0.2) is 4.98 Å². The molecular weight excluding hydrogens is 637 g/mol. The molecule has 0 radical (unpaired) electrons. The minimum absolute atomic E-state index is 0.113. The minimum Gasteiger partial charge on any atom is -0.491 e. The van der Waals surface area contributed by atoms with Gasteiger partial charge in [-0.3, -0.25) is 9.45 Å². The van der Waals surface area contributed by atoms with E-state index in [-0.39, 0.29) is 11.0 Å². The van der Waals surface area contributed by atoms with Gasteiger partial charge >= 0.3 is 0 Å². The van der Waals surface area contributed by atoms with Crippen molar-refractivity contribution in [1.82, 2.24) is 14.5 Å². The molecule has 45 heavy (non-hydrogen) atoms. The van der Waals surface area contributed by atoms with Gasteiger partial charge in [-0.2, -0.15) is 8.42 Å². The molecule has 4 aromatic rings. The maximum absolute atomic E-state index is 11.2. The highest BCUT2D eigenvalue weighted by molar-refractivity contribution is 7.85. The molecule has 6 rings (SSSR count). The monoisotopic (exact) mass is 669 g/mol. The van der Waals surface area contributed by atoms with E-state index in [0.29, 0.717) is 41.8 Å². The van der Waals surface area contributed by atoms with E-state index in [4.69, 9.17) is 42.0 Å². The number of hydrogen-bond acceptors (Lipinski definition) is 7. The Kier molecular flexibility index (Phi) is 9.62. The number of rotatable bonds is 10. The number of fused-ring (bicyclic) bond motifs is 1. The summed E-state index contributed by atoms with van der Waals surface area (Å²) in [5, 5.41) is 1.01. The molecule has 0 amide bonds. The van der Waals surface area contributed by atoms with Crippen LogP contribution in [-0.4, -0.2) is 59.8 Å². The van der Waals surface area contributed by atoms with Crippen LogP contribution in [0.2, 0.25) is 10.0 Å². The van der Waals surface area contributed by atoms with E-state index >= 15 is 0 Å². The van der Waals surface area contributed by atoms with Crippen molar-refractivity contribution in [2.75, 3.05) is 26.3 Å². The van der Waals surface area contributed by atoms with E-state index in [1.807, 2.05) is 29.0 Å². The smallest absolute Gasteiger partial charge is 0.294 e. The second kappa shape index (κ2) is 13.6. The molecule has 0 spiro atoms. The van der Waals surface area contributed by atoms with Crippen molar-refractivity contribution in [3.05, 3.63) is 118 Å². The number of hydrogen-bond donors (Lipinski definition) is 1. The number of nitrogens with zero attached hydrogens (tertiary/aromatic N) is 3. The van der Waals surface area contributed by atoms with Gasteiger partial charge in [0, 0.05) is 49.0 Å². The molecule has 3 heterocycles. The molecule has 12 heteroatoms. The van der Waals surface area contributed by atoms with E-state index < -0.39 is 15.9 Å². The molecule has 0 aliphatic carbocycles. The maximum atomic E-state index is 11.2. The maximum Gasteiger partial charge on any atom is 0.294 e. The van der Waals surface area contributed by atoms with Gasteiger partial charge in [-0.05, 0) is 59.5 Å². The zero-order valence-corrected chi connectivity index (χ0v) is 26.7. The highest BCUT2D eigenvalue weighted by Crippen LogP contribution is 2.40. The van der Waals surface area contributed by atoms with Gasteiger partial charge in [0.25, 0.3) is 10.1 Å². The summed E-state index contributed by atoms with van der Waals surface area (Å²) in [6, 6.07) is 17.7. The molecule has 2 atom stereocenters. The van der Waals surface area contributed by atoms with Crippen LogP contribution in [0, 0.1) is 0 Å². The Labute approximate surface area is 272 Å². The first kappa shape index (κ1) is 31.7.